The van der Waals surface area contributed by atoms with E-state index in [4.69, 9.17) is 28.9 Å². The van der Waals surface area contributed by atoms with Gasteiger partial charge in [0, 0.05) is 23.5 Å². The summed E-state index contributed by atoms with van der Waals surface area (Å²) in [4.78, 5) is 13.9. The van der Waals surface area contributed by atoms with Crippen LogP contribution >= 0.6 is 23.2 Å². The van der Waals surface area contributed by atoms with Crippen molar-refractivity contribution in [2.75, 3.05) is 13.6 Å². The number of nitrogens with zero attached hydrogens (tertiary/aromatic N) is 1. The molecule has 0 bridgehead atoms. The van der Waals surface area contributed by atoms with Crippen molar-refractivity contribution in [1.29, 1.82) is 0 Å². The van der Waals surface area contributed by atoms with Gasteiger partial charge in [-0.3, -0.25) is 4.79 Å². The van der Waals surface area contributed by atoms with E-state index in [1.807, 2.05) is 19.9 Å². The molecule has 2 unspecified atom stereocenters. The average molecular weight is 317 g/mol. The molecule has 0 fully saturated rings. The molecule has 1 rings (SSSR count). The molecule has 0 radical (unpaired) electrons. The predicted octanol–water partition coefficient (Wildman–Crippen LogP) is 3.89. The second-order valence-corrected chi connectivity index (χ2v) is 6.07. The zero-order valence-corrected chi connectivity index (χ0v) is 13.7. The minimum absolute atomic E-state index is 0.0829. The smallest absolute Gasteiger partial charge is 0.222 e. The lowest BCUT2D eigenvalue weighted by molar-refractivity contribution is -0.132. The van der Waals surface area contributed by atoms with E-state index in [2.05, 4.69) is 0 Å². The van der Waals surface area contributed by atoms with E-state index >= 15 is 0 Å². The summed E-state index contributed by atoms with van der Waals surface area (Å²) in [5.74, 6) is 0.464. The fraction of sp³-hybridized carbons (Fsp3) is 0.533. The molecule has 0 saturated heterocycles. The number of hydrogen-bond acceptors (Lipinski definition) is 2. The molecular weight excluding hydrogens is 295 g/mol. The van der Waals surface area contributed by atoms with Crippen LogP contribution in [0.25, 0.3) is 0 Å². The summed E-state index contributed by atoms with van der Waals surface area (Å²) in [5.41, 5.74) is 6.47. The SMILES string of the molecule is CC(CN)CCC(=O)N(C)C(C)c1ccc(Cl)cc1Cl. The Labute approximate surface area is 131 Å². The molecule has 0 heterocycles. The van der Waals surface area contributed by atoms with Gasteiger partial charge in [-0.1, -0.05) is 36.2 Å². The first-order valence-electron chi connectivity index (χ1n) is 6.77. The first-order chi connectivity index (χ1) is 9.36. The minimum Gasteiger partial charge on any atom is -0.339 e. The normalized spacial score (nSPS) is 13.9. The molecule has 1 aromatic carbocycles. The highest BCUT2D eigenvalue weighted by Crippen LogP contribution is 2.29. The second kappa shape index (κ2) is 7.87. The second-order valence-electron chi connectivity index (χ2n) is 5.23. The maximum atomic E-state index is 12.2. The number of halogens is 2. The minimum atomic E-state index is -0.0829. The number of benzene rings is 1. The van der Waals surface area contributed by atoms with Crippen LogP contribution in [0.2, 0.25) is 10.0 Å². The number of nitrogens with two attached hydrogens (primary N) is 1. The number of rotatable bonds is 6. The Bertz CT molecular complexity index is 465. The van der Waals surface area contributed by atoms with Crippen molar-refractivity contribution < 1.29 is 4.79 Å². The zero-order valence-electron chi connectivity index (χ0n) is 12.2. The van der Waals surface area contributed by atoms with Gasteiger partial charge >= 0.3 is 0 Å². The Morgan fingerprint density at radius 1 is 1.35 bits per heavy atom. The van der Waals surface area contributed by atoms with Gasteiger partial charge in [0.05, 0.1) is 6.04 Å². The lowest BCUT2D eigenvalue weighted by Crippen LogP contribution is -2.30. The lowest BCUT2D eigenvalue weighted by Gasteiger charge is -2.26. The molecule has 0 aliphatic carbocycles. The molecule has 3 nitrogen and oxygen atoms in total. The van der Waals surface area contributed by atoms with Crippen LogP contribution in [0.5, 0.6) is 0 Å². The molecule has 1 aromatic rings. The Morgan fingerprint density at radius 2 is 2.00 bits per heavy atom. The summed E-state index contributed by atoms with van der Waals surface area (Å²) in [7, 11) is 1.80. The Kier molecular flexibility index (Phi) is 6.80. The van der Waals surface area contributed by atoms with Crippen molar-refractivity contribution >= 4 is 29.1 Å². The molecule has 2 N–H and O–H groups in total. The van der Waals surface area contributed by atoms with Gasteiger partial charge in [-0.05, 0) is 43.5 Å². The summed E-state index contributed by atoms with van der Waals surface area (Å²) in [6.07, 6.45) is 1.31. The summed E-state index contributed by atoms with van der Waals surface area (Å²) < 4.78 is 0. The predicted molar refractivity (Wildman–Crippen MR) is 85.1 cm³/mol. The van der Waals surface area contributed by atoms with Gasteiger partial charge in [0.1, 0.15) is 0 Å². The number of carbonyl (C=O) groups excluding carboxylic acids is 1. The van der Waals surface area contributed by atoms with Crippen LogP contribution in [0.3, 0.4) is 0 Å². The van der Waals surface area contributed by atoms with E-state index in [0.29, 0.717) is 28.9 Å². The quantitative estimate of drug-likeness (QED) is 0.865. The zero-order chi connectivity index (χ0) is 15.3. The van der Waals surface area contributed by atoms with Gasteiger partial charge in [0.25, 0.3) is 0 Å². The largest absolute Gasteiger partial charge is 0.339 e. The number of amides is 1. The van der Waals surface area contributed by atoms with Gasteiger partial charge in [0.2, 0.25) is 5.91 Å². The van der Waals surface area contributed by atoms with E-state index < -0.39 is 0 Å². The lowest BCUT2D eigenvalue weighted by atomic mass is 10.0. The highest BCUT2D eigenvalue weighted by molar-refractivity contribution is 6.35. The molecule has 2 atom stereocenters. The fourth-order valence-electron chi connectivity index (χ4n) is 1.93. The van der Waals surface area contributed by atoms with Crippen LogP contribution in [0.4, 0.5) is 0 Å². The standard InChI is InChI=1S/C15H22Cl2N2O/c1-10(9-18)4-7-15(20)19(3)11(2)13-6-5-12(16)8-14(13)17/h5-6,8,10-11H,4,7,9,18H2,1-3H3. The van der Waals surface area contributed by atoms with Crippen molar-refractivity contribution in [3.63, 3.8) is 0 Å². The Hall–Kier alpha value is -0.770. The van der Waals surface area contributed by atoms with Crippen molar-refractivity contribution in [3.8, 4) is 0 Å². The topological polar surface area (TPSA) is 46.3 Å². The van der Waals surface area contributed by atoms with Gasteiger partial charge in [-0.25, -0.2) is 0 Å². The maximum absolute atomic E-state index is 12.2. The first kappa shape index (κ1) is 17.3. The molecule has 5 heteroatoms. The van der Waals surface area contributed by atoms with Crippen molar-refractivity contribution in [3.05, 3.63) is 33.8 Å². The average Bonchev–Trinajstić information content (AvgIpc) is 2.42. The fourth-order valence-corrected chi connectivity index (χ4v) is 2.50. The molecule has 0 saturated carbocycles. The van der Waals surface area contributed by atoms with E-state index in [1.165, 1.54) is 0 Å². The monoisotopic (exact) mass is 316 g/mol. The van der Waals surface area contributed by atoms with E-state index in [9.17, 15) is 4.79 Å². The highest BCUT2D eigenvalue weighted by atomic mass is 35.5. The Balaban J connectivity index is 2.70. The van der Waals surface area contributed by atoms with Crippen LogP contribution in [-0.2, 0) is 4.79 Å². The van der Waals surface area contributed by atoms with Gasteiger partial charge < -0.3 is 10.6 Å². The number of carbonyl (C=O) groups is 1. The molecular formula is C15H22Cl2N2O. The van der Waals surface area contributed by atoms with Crippen LogP contribution in [0.1, 0.15) is 38.3 Å². The number of hydrogen-bond donors (Lipinski definition) is 1. The van der Waals surface area contributed by atoms with Crippen molar-refractivity contribution in [1.82, 2.24) is 4.90 Å². The molecule has 20 heavy (non-hydrogen) atoms. The molecule has 0 aliphatic heterocycles. The Morgan fingerprint density at radius 3 is 2.55 bits per heavy atom. The summed E-state index contributed by atoms with van der Waals surface area (Å²) in [5, 5.41) is 1.18. The maximum Gasteiger partial charge on any atom is 0.222 e. The summed E-state index contributed by atoms with van der Waals surface area (Å²) in [6.45, 7) is 4.61. The van der Waals surface area contributed by atoms with Gasteiger partial charge in [0.15, 0.2) is 0 Å². The van der Waals surface area contributed by atoms with Crippen LogP contribution < -0.4 is 5.73 Å². The molecule has 0 spiro atoms. The third kappa shape index (κ3) is 4.65. The molecule has 112 valence electrons. The van der Waals surface area contributed by atoms with Crippen molar-refractivity contribution in [2.45, 2.75) is 32.7 Å². The molecule has 0 aliphatic rings. The van der Waals surface area contributed by atoms with Crippen molar-refractivity contribution in [2.24, 2.45) is 11.7 Å². The van der Waals surface area contributed by atoms with E-state index in [0.717, 1.165) is 12.0 Å². The molecule has 1 amide bonds. The van der Waals surface area contributed by atoms with Gasteiger partial charge in [-0.2, -0.15) is 0 Å². The van der Waals surface area contributed by atoms with Gasteiger partial charge in [-0.15, -0.1) is 0 Å². The van der Waals surface area contributed by atoms with E-state index in [-0.39, 0.29) is 11.9 Å². The third-order valence-electron chi connectivity index (χ3n) is 3.64. The highest BCUT2D eigenvalue weighted by Gasteiger charge is 2.19. The van der Waals surface area contributed by atoms with Crippen LogP contribution in [0, 0.1) is 5.92 Å². The van der Waals surface area contributed by atoms with Crippen LogP contribution in [-0.4, -0.2) is 24.4 Å². The first-order valence-corrected chi connectivity index (χ1v) is 7.53. The third-order valence-corrected chi connectivity index (χ3v) is 4.20. The van der Waals surface area contributed by atoms with E-state index in [1.54, 1.807) is 24.1 Å². The summed E-state index contributed by atoms with van der Waals surface area (Å²) in [6, 6.07) is 5.26. The molecule has 0 aromatic heterocycles. The summed E-state index contributed by atoms with van der Waals surface area (Å²) >= 11 is 12.1. The van der Waals surface area contributed by atoms with Crippen LogP contribution in [0.15, 0.2) is 18.2 Å².